The number of benzene rings is 2. The number of hydrogen-bond donors (Lipinski definition) is 0. The van der Waals surface area contributed by atoms with Gasteiger partial charge in [0.2, 0.25) is 5.75 Å². The standard InChI is InChI=1S/C26H30O8/c1-6-7-8-21(13-20-9-11-23(12-10-20)31-16(2)27)22-14-24(32-17(3)28)26(34-19(5)30)25(15-22)33-18(4)29/h9-12,14-15,21H,6-8,13H2,1-5H3. The van der Waals surface area contributed by atoms with Crippen LogP contribution in [0.4, 0.5) is 0 Å². The molecule has 0 saturated heterocycles. The number of ether oxygens (including phenoxy) is 4. The minimum atomic E-state index is -0.648. The summed E-state index contributed by atoms with van der Waals surface area (Å²) in [5.41, 5.74) is 1.77. The van der Waals surface area contributed by atoms with Gasteiger partial charge in [0, 0.05) is 27.7 Å². The van der Waals surface area contributed by atoms with Gasteiger partial charge in [-0.05, 0) is 54.2 Å². The maximum absolute atomic E-state index is 11.7. The zero-order valence-electron chi connectivity index (χ0n) is 20.1. The maximum Gasteiger partial charge on any atom is 0.308 e. The Morgan fingerprint density at radius 2 is 1.24 bits per heavy atom. The van der Waals surface area contributed by atoms with Gasteiger partial charge in [0.15, 0.2) is 11.5 Å². The molecule has 0 bridgehead atoms. The van der Waals surface area contributed by atoms with Crippen LogP contribution in [0, 0.1) is 0 Å². The van der Waals surface area contributed by atoms with Crippen LogP contribution < -0.4 is 18.9 Å². The van der Waals surface area contributed by atoms with Gasteiger partial charge in [-0.15, -0.1) is 0 Å². The van der Waals surface area contributed by atoms with E-state index in [2.05, 4.69) is 6.92 Å². The Hall–Kier alpha value is -3.68. The van der Waals surface area contributed by atoms with Crippen molar-refractivity contribution in [3.63, 3.8) is 0 Å². The monoisotopic (exact) mass is 470 g/mol. The molecule has 0 aromatic heterocycles. The van der Waals surface area contributed by atoms with Crippen LogP contribution in [0.2, 0.25) is 0 Å². The zero-order chi connectivity index (χ0) is 25.3. The van der Waals surface area contributed by atoms with Gasteiger partial charge in [-0.2, -0.15) is 0 Å². The molecule has 8 heteroatoms. The van der Waals surface area contributed by atoms with E-state index in [0.29, 0.717) is 12.2 Å². The first-order valence-electron chi connectivity index (χ1n) is 11.1. The second-order valence-corrected chi connectivity index (χ2v) is 7.91. The summed E-state index contributed by atoms with van der Waals surface area (Å²) >= 11 is 0. The van der Waals surface area contributed by atoms with Crippen LogP contribution in [0.1, 0.15) is 70.9 Å². The fourth-order valence-electron chi connectivity index (χ4n) is 3.52. The topological polar surface area (TPSA) is 105 Å². The van der Waals surface area contributed by atoms with Crippen molar-refractivity contribution < 1.29 is 38.1 Å². The van der Waals surface area contributed by atoms with Gasteiger partial charge in [-0.3, -0.25) is 19.2 Å². The van der Waals surface area contributed by atoms with Gasteiger partial charge in [0.05, 0.1) is 0 Å². The number of esters is 4. The van der Waals surface area contributed by atoms with E-state index in [1.165, 1.54) is 27.7 Å². The Morgan fingerprint density at radius 1 is 0.735 bits per heavy atom. The number of carbonyl (C=O) groups is 4. The van der Waals surface area contributed by atoms with E-state index in [-0.39, 0.29) is 23.2 Å². The number of rotatable bonds is 10. The van der Waals surface area contributed by atoms with Crippen LogP contribution in [0.5, 0.6) is 23.0 Å². The van der Waals surface area contributed by atoms with Crippen molar-refractivity contribution in [2.45, 2.75) is 66.2 Å². The van der Waals surface area contributed by atoms with Crippen LogP contribution in [-0.4, -0.2) is 23.9 Å². The molecule has 1 atom stereocenters. The van der Waals surface area contributed by atoms with E-state index in [0.717, 1.165) is 30.4 Å². The van der Waals surface area contributed by atoms with E-state index in [1.54, 1.807) is 24.3 Å². The molecule has 1 unspecified atom stereocenters. The molecular formula is C26H30O8. The maximum atomic E-state index is 11.7. The quantitative estimate of drug-likeness (QED) is 0.356. The summed E-state index contributed by atoms with van der Waals surface area (Å²) in [5.74, 6) is -1.93. The smallest absolute Gasteiger partial charge is 0.308 e. The Morgan fingerprint density at radius 3 is 1.68 bits per heavy atom. The molecule has 182 valence electrons. The number of unbranched alkanes of at least 4 members (excludes halogenated alkanes) is 1. The molecule has 2 aromatic rings. The first kappa shape index (κ1) is 26.6. The average Bonchev–Trinajstić information content (AvgIpc) is 2.73. The lowest BCUT2D eigenvalue weighted by atomic mass is 9.87. The Labute approximate surface area is 199 Å². The third-order valence-electron chi connectivity index (χ3n) is 4.84. The summed E-state index contributed by atoms with van der Waals surface area (Å²) < 4.78 is 20.9. The second-order valence-electron chi connectivity index (χ2n) is 7.91. The van der Waals surface area contributed by atoms with Crippen molar-refractivity contribution in [2.24, 2.45) is 0 Å². The summed E-state index contributed by atoms with van der Waals surface area (Å²) in [6, 6.07) is 10.5. The average molecular weight is 471 g/mol. The molecule has 0 aliphatic heterocycles. The molecule has 0 aliphatic carbocycles. The summed E-state index contributed by atoms with van der Waals surface area (Å²) in [6.07, 6.45) is 3.36. The lowest BCUT2D eigenvalue weighted by molar-refractivity contribution is -0.135. The highest BCUT2D eigenvalue weighted by atomic mass is 16.6. The van der Waals surface area contributed by atoms with E-state index < -0.39 is 23.9 Å². The highest BCUT2D eigenvalue weighted by Gasteiger charge is 2.23. The predicted octanol–water partition coefficient (Wildman–Crippen LogP) is 4.90. The zero-order valence-corrected chi connectivity index (χ0v) is 20.1. The predicted molar refractivity (Wildman–Crippen MR) is 124 cm³/mol. The molecule has 34 heavy (non-hydrogen) atoms. The van der Waals surface area contributed by atoms with Gasteiger partial charge in [0.25, 0.3) is 0 Å². The molecule has 0 fully saturated rings. The molecule has 0 spiro atoms. The van der Waals surface area contributed by atoms with E-state index in [4.69, 9.17) is 18.9 Å². The first-order valence-corrected chi connectivity index (χ1v) is 11.1. The Bertz CT molecular complexity index is 1000. The molecule has 8 nitrogen and oxygen atoms in total. The van der Waals surface area contributed by atoms with Crippen molar-refractivity contribution in [2.75, 3.05) is 0 Å². The fourth-order valence-corrected chi connectivity index (χ4v) is 3.52. The SMILES string of the molecule is CCCCC(Cc1ccc(OC(C)=O)cc1)c1cc(OC(C)=O)c(OC(C)=O)c(OC(C)=O)c1. The summed E-state index contributed by atoms with van der Waals surface area (Å²) in [7, 11) is 0. The lowest BCUT2D eigenvalue weighted by Crippen LogP contribution is -2.12. The molecule has 0 saturated carbocycles. The van der Waals surface area contributed by atoms with Crippen molar-refractivity contribution in [3.05, 3.63) is 47.5 Å². The summed E-state index contributed by atoms with van der Waals surface area (Å²) in [5, 5.41) is 0. The van der Waals surface area contributed by atoms with Crippen molar-refractivity contribution >= 4 is 23.9 Å². The highest BCUT2D eigenvalue weighted by Crippen LogP contribution is 2.42. The Balaban J connectivity index is 2.51. The molecular weight excluding hydrogens is 440 g/mol. The summed E-state index contributed by atoms with van der Waals surface area (Å²) in [4.78, 5) is 46.3. The molecule has 0 radical (unpaired) electrons. The first-order chi connectivity index (χ1) is 16.1. The van der Waals surface area contributed by atoms with E-state index in [9.17, 15) is 19.2 Å². The molecule has 0 aliphatic rings. The van der Waals surface area contributed by atoms with Gasteiger partial charge in [-0.25, -0.2) is 0 Å². The van der Waals surface area contributed by atoms with Crippen LogP contribution in [0.15, 0.2) is 36.4 Å². The second kappa shape index (κ2) is 12.5. The fraction of sp³-hybridized carbons (Fsp3) is 0.385. The lowest BCUT2D eigenvalue weighted by Gasteiger charge is -2.21. The third-order valence-corrected chi connectivity index (χ3v) is 4.84. The van der Waals surface area contributed by atoms with E-state index >= 15 is 0 Å². The highest BCUT2D eigenvalue weighted by molar-refractivity contribution is 5.78. The largest absolute Gasteiger partial charge is 0.427 e. The van der Waals surface area contributed by atoms with Crippen LogP contribution in [0.3, 0.4) is 0 Å². The van der Waals surface area contributed by atoms with Gasteiger partial charge in [-0.1, -0.05) is 31.9 Å². The van der Waals surface area contributed by atoms with Crippen molar-refractivity contribution in [1.82, 2.24) is 0 Å². The van der Waals surface area contributed by atoms with Crippen molar-refractivity contribution in [3.8, 4) is 23.0 Å². The Kier molecular flexibility index (Phi) is 9.79. The molecule has 0 heterocycles. The van der Waals surface area contributed by atoms with Gasteiger partial charge in [0.1, 0.15) is 5.75 Å². The van der Waals surface area contributed by atoms with Crippen molar-refractivity contribution in [1.29, 1.82) is 0 Å². The number of carbonyl (C=O) groups excluding carboxylic acids is 4. The van der Waals surface area contributed by atoms with E-state index in [1.807, 2.05) is 12.1 Å². The normalized spacial score (nSPS) is 11.3. The molecule has 0 amide bonds. The molecule has 0 N–H and O–H groups in total. The van der Waals surface area contributed by atoms with Crippen LogP contribution in [-0.2, 0) is 25.6 Å². The van der Waals surface area contributed by atoms with Crippen LogP contribution in [0.25, 0.3) is 0 Å². The minimum Gasteiger partial charge on any atom is -0.427 e. The number of hydrogen-bond acceptors (Lipinski definition) is 8. The van der Waals surface area contributed by atoms with Crippen LogP contribution >= 0.6 is 0 Å². The van der Waals surface area contributed by atoms with Gasteiger partial charge >= 0.3 is 23.9 Å². The van der Waals surface area contributed by atoms with Gasteiger partial charge < -0.3 is 18.9 Å². The minimum absolute atomic E-state index is 0.00292. The summed E-state index contributed by atoms with van der Waals surface area (Å²) in [6.45, 7) is 7.09. The third kappa shape index (κ3) is 8.35. The molecule has 2 rings (SSSR count). The molecule has 2 aromatic carbocycles.